The van der Waals surface area contributed by atoms with Crippen molar-refractivity contribution in [3.63, 3.8) is 0 Å². The third-order valence-electron chi connectivity index (χ3n) is 4.34. The Morgan fingerprint density at radius 1 is 1.21 bits per heavy atom. The Balaban J connectivity index is 1.58. The lowest BCUT2D eigenvalue weighted by atomic mass is 10.0. The van der Waals surface area contributed by atoms with Crippen molar-refractivity contribution in [3.8, 4) is 21.3 Å². The van der Waals surface area contributed by atoms with Gasteiger partial charge in [0.15, 0.2) is 11.7 Å². The Hall–Kier alpha value is -3.12. The first kappa shape index (κ1) is 20.6. The summed E-state index contributed by atoms with van der Waals surface area (Å²) in [5, 5.41) is 14.2. The molecule has 6 heteroatoms. The minimum absolute atomic E-state index is 0.134. The molecule has 0 spiro atoms. The van der Waals surface area contributed by atoms with Crippen molar-refractivity contribution in [2.45, 2.75) is 26.7 Å². The maximum atomic E-state index is 12.1. The van der Waals surface area contributed by atoms with Crippen LogP contribution in [0, 0.1) is 6.92 Å². The fourth-order valence-corrected chi connectivity index (χ4v) is 3.70. The summed E-state index contributed by atoms with van der Waals surface area (Å²) in [6.45, 7) is 6.02. The molecule has 0 atom stereocenters. The highest BCUT2D eigenvalue weighted by molar-refractivity contribution is 7.17. The molecular weight excluding hydrogens is 384 g/mol. The fraction of sp³-hybridized carbons (Fsp3) is 0.217. The highest BCUT2D eigenvalue weighted by Gasteiger charge is 2.11. The van der Waals surface area contributed by atoms with Crippen molar-refractivity contribution in [2.75, 3.05) is 6.61 Å². The van der Waals surface area contributed by atoms with E-state index in [4.69, 9.17) is 4.74 Å². The normalized spacial score (nSPS) is 11.2. The lowest BCUT2D eigenvalue weighted by Crippen LogP contribution is -2.24. The number of carbonyl (C=O) groups excluding carboxylic acids is 1. The second-order valence-electron chi connectivity index (χ2n) is 7.02. The first-order valence-electron chi connectivity index (χ1n) is 9.37. The van der Waals surface area contributed by atoms with Gasteiger partial charge in [0.25, 0.3) is 5.91 Å². The van der Waals surface area contributed by atoms with E-state index in [1.807, 2.05) is 61.5 Å². The zero-order valence-electron chi connectivity index (χ0n) is 16.7. The molecule has 29 heavy (non-hydrogen) atoms. The van der Waals surface area contributed by atoms with E-state index < -0.39 is 0 Å². The highest BCUT2D eigenvalue weighted by Crippen LogP contribution is 2.35. The number of aromatic hydroxyl groups is 1. The Morgan fingerprint density at radius 3 is 2.69 bits per heavy atom. The van der Waals surface area contributed by atoms with Crippen LogP contribution in [-0.4, -0.2) is 23.8 Å². The van der Waals surface area contributed by atoms with Gasteiger partial charge in [-0.2, -0.15) is 5.10 Å². The average Bonchev–Trinajstić information content (AvgIpc) is 3.07. The lowest BCUT2D eigenvalue weighted by molar-refractivity contribution is -0.123. The molecule has 2 N–H and O–H groups in total. The van der Waals surface area contributed by atoms with E-state index in [0.717, 1.165) is 21.6 Å². The molecule has 0 unspecified atom stereocenters. The molecule has 0 saturated carbocycles. The molecule has 0 aliphatic carbocycles. The molecule has 0 aliphatic rings. The van der Waals surface area contributed by atoms with Gasteiger partial charge in [0.1, 0.15) is 5.75 Å². The fourth-order valence-electron chi connectivity index (χ4n) is 2.83. The van der Waals surface area contributed by atoms with Gasteiger partial charge >= 0.3 is 0 Å². The minimum Gasteiger partial charge on any atom is -0.499 e. The summed E-state index contributed by atoms with van der Waals surface area (Å²) < 4.78 is 5.70. The number of hydrazone groups is 1. The Kier molecular flexibility index (Phi) is 6.67. The van der Waals surface area contributed by atoms with Crippen LogP contribution in [0.15, 0.2) is 59.7 Å². The second-order valence-corrected chi connectivity index (χ2v) is 8.05. The molecule has 2 aromatic carbocycles. The molecule has 0 fully saturated rings. The third-order valence-corrected chi connectivity index (χ3v) is 5.34. The van der Waals surface area contributed by atoms with Gasteiger partial charge in [-0.1, -0.05) is 67.6 Å². The zero-order chi connectivity index (χ0) is 20.8. The van der Waals surface area contributed by atoms with E-state index >= 15 is 0 Å². The molecule has 0 saturated heterocycles. The van der Waals surface area contributed by atoms with Crippen LogP contribution in [0.25, 0.3) is 10.4 Å². The van der Waals surface area contributed by atoms with Gasteiger partial charge in [-0.05, 0) is 41.7 Å². The van der Waals surface area contributed by atoms with Crippen molar-refractivity contribution < 1.29 is 14.6 Å². The van der Waals surface area contributed by atoms with Crippen LogP contribution in [0.1, 0.15) is 36.5 Å². The smallest absolute Gasteiger partial charge is 0.277 e. The van der Waals surface area contributed by atoms with Gasteiger partial charge in [-0.15, -0.1) is 0 Å². The number of benzene rings is 2. The van der Waals surface area contributed by atoms with Crippen LogP contribution in [0.3, 0.4) is 0 Å². The molecule has 3 rings (SSSR count). The summed E-state index contributed by atoms with van der Waals surface area (Å²) >= 11 is 1.27. The van der Waals surface area contributed by atoms with Crippen LogP contribution in [0.4, 0.5) is 0 Å². The quantitative estimate of drug-likeness (QED) is 0.423. The van der Waals surface area contributed by atoms with Crippen LogP contribution in [0.2, 0.25) is 0 Å². The number of aryl methyl sites for hydroxylation is 1. The Labute approximate surface area is 174 Å². The van der Waals surface area contributed by atoms with Gasteiger partial charge in [0, 0.05) is 10.4 Å². The topological polar surface area (TPSA) is 70.9 Å². The standard InChI is InChI=1S/C23H24N2O3S/c1-15(2)19-10-9-16(3)11-20(19)28-14-22(26)25-24-13-18-12-21(29-23(18)27)17-7-5-4-6-8-17/h4-13,15,27H,14H2,1-3H3,(H,25,26)/b24-13-. The van der Waals surface area contributed by atoms with Gasteiger partial charge in [-0.25, -0.2) is 5.43 Å². The third kappa shape index (κ3) is 5.45. The summed E-state index contributed by atoms with van der Waals surface area (Å²) in [6, 6.07) is 17.6. The molecule has 5 nitrogen and oxygen atoms in total. The summed E-state index contributed by atoms with van der Waals surface area (Å²) in [5.41, 5.74) is 6.14. The molecule has 0 bridgehead atoms. The molecule has 0 aliphatic heterocycles. The maximum Gasteiger partial charge on any atom is 0.277 e. The molecule has 150 valence electrons. The van der Waals surface area contributed by atoms with Gasteiger partial charge in [0.05, 0.1) is 6.21 Å². The second kappa shape index (κ2) is 9.39. The largest absolute Gasteiger partial charge is 0.499 e. The monoisotopic (exact) mass is 408 g/mol. The molecule has 0 radical (unpaired) electrons. The highest BCUT2D eigenvalue weighted by atomic mass is 32.1. The molecule has 3 aromatic rings. The van der Waals surface area contributed by atoms with E-state index in [2.05, 4.69) is 24.4 Å². The van der Waals surface area contributed by atoms with Crippen molar-refractivity contribution in [1.82, 2.24) is 5.43 Å². The van der Waals surface area contributed by atoms with Crippen molar-refractivity contribution >= 4 is 23.5 Å². The number of carbonyl (C=O) groups is 1. The number of thiophene rings is 1. The Morgan fingerprint density at radius 2 is 1.97 bits per heavy atom. The van der Waals surface area contributed by atoms with Gasteiger partial charge in [0.2, 0.25) is 0 Å². The predicted octanol–water partition coefficient (Wildman–Crippen LogP) is 5.08. The zero-order valence-corrected chi connectivity index (χ0v) is 17.5. The van der Waals surface area contributed by atoms with Crippen LogP contribution in [-0.2, 0) is 4.79 Å². The van der Waals surface area contributed by atoms with Crippen molar-refractivity contribution in [2.24, 2.45) is 5.10 Å². The number of hydrogen-bond acceptors (Lipinski definition) is 5. The lowest BCUT2D eigenvalue weighted by Gasteiger charge is -2.14. The first-order chi connectivity index (χ1) is 13.9. The Bertz CT molecular complexity index is 1010. The summed E-state index contributed by atoms with van der Waals surface area (Å²) in [4.78, 5) is 13.0. The molecule has 1 amide bonds. The van der Waals surface area contributed by atoms with E-state index in [-0.39, 0.29) is 17.6 Å². The van der Waals surface area contributed by atoms with Crippen LogP contribution in [0.5, 0.6) is 10.8 Å². The summed E-state index contributed by atoms with van der Waals surface area (Å²) in [7, 11) is 0. The SMILES string of the molecule is Cc1ccc(C(C)C)c(OCC(=O)N/N=C\c2cc(-c3ccccc3)sc2O)c1. The van der Waals surface area contributed by atoms with E-state index in [1.54, 1.807) is 0 Å². The van der Waals surface area contributed by atoms with E-state index in [1.165, 1.54) is 17.6 Å². The molecule has 1 aromatic heterocycles. The predicted molar refractivity (Wildman–Crippen MR) is 118 cm³/mol. The average molecular weight is 409 g/mol. The van der Waals surface area contributed by atoms with E-state index in [0.29, 0.717) is 17.2 Å². The van der Waals surface area contributed by atoms with E-state index in [9.17, 15) is 9.90 Å². The van der Waals surface area contributed by atoms with Crippen LogP contribution < -0.4 is 10.2 Å². The number of rotatable bonds is 7. The van der Waals surface area contributed by atoms with Crippen molar-refractivity contribution in [1.29, 1.82) is 0 Å². The number of ether oxygens (including phenoxy) is 1. The number of amides is 1. The van der Waals surface area contributed by atoms with Gasteiger partial charge < -0.3 is 9.84 Å². The van der Waals surface area contributed by atoms with Gasteiger partial charge in [-0.3, -0.25) is 4.79 Å². The number of nitrogens with zero attached hydrogens (tertiary/aromatic N) is 1. The maximum absolute atomic E-state index is 12.1. The first-order valence-corrected chi connectivity index (χ1v) is 10.2. The number of hydrogen-bond donors (Lipinski definition) is 2. The van der Waals surface area contributed by atoms with Crippen LogP contribution >= 0.6 is 11.3 Å². The molecular formula is C23H24N2O3S. The number of nitrogens with one attached hydrogen (secondary N) is 1. The summed E-state index contributed by atoms with van der Waals surface area (Å²) in [6.07, 6.45) is 1.43. The van der Waals surface area contributed by atoms with Crippen molar-refractivity contribution in [3.05, 3.63) is 71.3 Å². The minimum atomic E-state index is -0.365. The summed E-state index contributed by atoms with van der Waals surface area (Å²) in [5.74, 6) is 0.643. The molecule has 1 heterocycles.